The van der Waals surface area contributed by atoms with Crippen LogP contribution in [0.25, 0.3) is 10.9 Å². The Morgan fingerprint density at radius 1 is 0.852 bits per heavy atom. The van der Waals surface area contributed by atoms with Gasteiger partial charge in [0, 0.05) is 76.1 Å². The van der Waals surface area contributed by atoms with E-state index >= 15 is 0 Å². The molecule has 8 N–H and O–H groups in total. The molecule has 0 saturated carbocycles. The number of hydrogen-bond donors (Lipinski definition) is 8. The van der Waals surface area contributed by atoms with Gasteiger partial charge in [0.25, 0.3) is 12.4 Å². The third-order valence-corrected chi connectivity index (χ3v) is 9.15. The summed E-state index contributed by atoms with van der Waals surface area (Å²) < 4.78 is 6.44. The van der Waals surface area contributed by atoms with Crippen LogP contribution in [-0.4, -0.2) is 184 Å². The van der Waals surface area contributed by atoms with Gasteiger partial charge in [0.05, 0.1) is 37.9 Å². The number of carbonyl (C=O) groups is 8. The fourth-order valence-corrected chi connectivity index (χ4v) is 6.12. The monoisotopic (exact) mass is 858 g/mol. The molecule has 1 aromatic carbocycles. The molecule has 334 valence electrons. The van der Waals surface area contributed by atoms with E-state index in [4.69, 9.17) is 5.11 Å². The molecule has 0 bridgehead atoms. The molecule has 23 heteroatoms. The number of amidine groups is 1. The number of aliphatic carboxylic acids is 4. The van der Waals surface area contributed by atoms with Crippen molar-refractivity contribution in [2.24, 2.45) is 4.99 Å². The topological polar surface area (TPSA) is 315 Å². The Morgan fingerprint density at radius 3 is 2.21 bits per heavy atom. The van der Waals surface area contributed by atoms with Gasteiger partial charge in [0.1, 0.15) is 18.6 Å². The molecule has 0 saturated heterocycles. The van der Waals surface area contributed by atoms with Gasteiger partial charge < -0.3 is 46.4 Å². The maximum atomic E-state index is 12.9. The van der Waals surface area contributed by atoms with Crippen LogP contribution >= 0.6 is 0 Å². The Bertz CT molecular complexity index is 1880. The third kappa shape index (κ3) is 19.4. The van der Waals surface area contributed by atoms with Crippen LogP contribution in [0.15, 0.2) is 41.7 Å². The molecule has 2 heterocycles. The first-order valence-electron chi connectivity index (χ1n) is 19.6. The number of benzene rings is 1. The third-order valence-electron chi connectivity index (χ3n) is 9.15. The van der Waals surface area contributed by atoms with Crippen LogP contribution in [0, 0.1) is 0 Å². The van der Waals surface area contributed by atoms with Gasteiger partial charge in [0.2, 0.25) is 11.8 Å². The Hall–Kier alpha value is -6.46. The first-order valence-corrected chi connectivity index (χ1v) is 19.6. The van der Waals surface area contributed by atoms with Crippen LogP contribution in [0.5, 0.6) is 0 Å². The van der Waals surface area contributed by atoms with Gasteiger partial charge in [-0.25, -0.2) is 4.79 Å². The molecule has 23 nitrogen and oxygen atoms in total. The van der Waals surface area contributed by atoms with Crippen LogP contribution in [-0.2, 0) is 44.8 Å². The molecule has 1 unspecified atom stereocenters. The second-order valence-corrected chi connectivity index (χ2v) is 14.0. The van der Waals surface area contributed by atoms with E-state index in [0.717, 1.165) is 29.6 Å². The average Bonchev–Trinajstić information content (AvgIpc) is 3.88. The van der Waals surface area contributed by atoms with Crippen molar-refractivity contribution in [3.05, 3.63) is 42.2 Å². The molecule has 0 spiro atoms. The molecule has 1 aliphatic rings. The highest BCUT2D eigenvalue weighted by Gasteiger charge is 2.22. The number of nitrogens with one attached hydrogen (secondary N) is 4. The number of carbonyl (C=O) groups excluding carboxylic acids is 4. The molecule has 3 rings (SSSR count). The lowest BCUT2D eigenvalue weighted by atomic mass is 10.1. The first kappa shape index (κ1) is 48.9. The number of hydrogen-bond acceptors (Lipinski definition) is 14. The summed E-state index contributed by atoms with van der Waals surface area (Å²) in [4.78, 5) is 103. The molecule has 1 atom stereocenters. The summed E-state index contributed by atoms with van der Waals surface area (Å²) in [6.07, 6.45) is 8.38. The highest BCUT2D eigenvalue weighted by molar-refractivity contribution is 5.98. The number of unbranched alkanes of at least 4 members (excludes halogenated alkanes) is 2. The van der Waals surface area contributed by atoms with Crippen molar-refractivity contribution in [2.45, 2.75) is 51.1 Å². The second kappa shape index (κ2) is 26.6. The molecule has 2 aromatic rings. The minimum Gasteiger partial charge on any atom is -0.480 e. The summed E-state index contributed by atoms with van der Waals surface area (Å²) >= 11 is 0. The molecule has 0 aliphatic carbocycles. The van der Waals surface area contributed by atoms with Crippen molar-refractivity contribution in [1.82, 2.24) is 45.7 Å². The number of aromatic nitrogens is 2. The number of carboxylic acid groups (broad SMARTS) is 4. The predicted octanol–water partition coefficient (Wildman–Crippen LogP) is -1.40. The van der Waals surface area contributed by atoms with Gasteiger partial charge in [-0.3, -0.25) is 57.9 Å². The van der Waals surface area contributed by atoms with Crippen LogP contribution in [0.2, 0.25) is 0 Å². The lowest BCUT2D eigenvalue weighted by molar-refractivity contribution is -0.144. The summed E-state index contributed by atoms with van der Waals surface area (Å²) in [5.74, 6) is -5.52. The van der Waals surface area contributed by atoms with Gasteiger partial charge >= 0.3 is 23.9 Å². The fourth-order valence-electron chi connectivity index (χ4n) is 6.12. The van der Waals surface area contributed by atoms with Gasteiger partial charge in [-0.1, -0.05) is 12.5 Å². The maximum Gasteiger partial charge on any atom is 0.328 e. The van der Waals surface area contributed by atoms with Crippen LogP contribution in [0.3, 0.4) is 0 Å². The fraction of sp³-hybridized carbons (Fsp3) is 0.526. The SMILES string of the molecule is O=COCN(CCN(CCN(CC(=O)O)CC(=O)NCCCCCC(=O)NC(CNC(=O)c1ccc2c(cnn2CCCN=C2CC=CN2)c1)C(=O)O)CC(=O)O)CC(=O)O. The zero-order valence-electron chi connectivity index (χ0n) is 33.7. The van der Waals surface area contributed by atoms with Gasteiger partial charge in [-0.05, 0) is 43.7 Å². The van der Waals surface area contributed by atoms with E-state index in [1.165, 1.54) is 14.7 Å². The van der Waals surface area contributed by atoms with Crippen molar-refractivity contribution in [3.8, 4) is 0 Å². The molecule has 1 aromatic heterocycles. The number of carboxylic acids is 4. The Kier molecular flexibility index (Phi) is 21.3. The lowest BCUT2D eigenvalue weighted by Crippen LogP contribution is -2.48. The molecule has 3 amide bonds. The van der Waals surface area contributed by atoms with Crippen molar-refractivity contribution < 1.29 is 63.5 Å². The van der Waals surface area contributed by atoms with Gasteiger partial charge in [-0.2, -0.15) is 5.10 Å². The van der Waals surface area contributed by atoms with Gasteiger partial charge in [-0.15, -0.1) is 0 Å². The number of fused-ring (bicyclic) bond motifs is 1. The standard InChI is InChI=1S/C38H54N10O13/c49-26-61-25-47(24-36(56)57)17-15-45(22-34(52)53)14-16-46(23-35(54)55)21-33(51)41-10-3-1-2-7-32(50)44-29(38(59)60)20-42-37(58)27-8-9-30-28(18-27)19-43-48(30)13-5-12-40-31-6-4-11-39-31/h4,8-9,11,18-19,26,29H,1-3,5-7,10,12-17,20-25H2,(H,39,40)(H,41,51)(H,42,58)(H,44,50)(H,52,53)(H,54,55)(H,56,57)(H,59,60). The molecule has 61 heavy (non-hydrogen) atoms. The first-order chi connectivity index (χ1) is 29.2. The summed E-state index contributed by atoms with van der Waals surface area (Å²) in [6.45, 7) is -0.712. The molecular weight excluding hydrogens is 804 g/mol. The number of aliphatic imine (C=N–C) groups is 1. The van der Waals surface area contributed by atoms with E-state index in [2.05, 4.69) is 36.1 Å². The minimum atomic E-state index is -1.37. The number of ether oxygens (including phenoxy) is 1. The Labute approximate surface area is 350 Å². The summed E-state index contributed by atoms with van der Waals surface area (Å²) in [7, 11) is 0. The smallest absolute Gasteiger partial charge is 0.328 e. The number of nitrogens with zero attached hydrogens (tertiary/aromatic N) is 6. The van der Waals surface area contributed by atoms with E-state index in [-0.39, 0.29) is 65.4 Å². The molecule has 0 radical (unpaired) electrons. The number of amides is 3. The van der Waals surface area contributed by atoms with Gasteiger partial charge in [0.15, 0.2) is 0 Å². The zero-order valence-corrected chi connectivity index (χ0v) is 33.7. The predicted molar refractivity (Wildman–Crippen MR) is 216 cm³/mol. The summed E-state index contributed by atoms with van der Waals surface area (Å²) in [6, 6.07) is 3.67. The van der Waals surface area contributed by atoms with Crippen LogP contribution < -0.4 is 21.3 Å². The van der Waals surface area contributed by atoms with E-state index in [9.17, 15) is 53.7 Å². The van der Waals surface area contributed by atoms with E-state index in [0.29, 0.717) is 37.9 Å². The van der Waals surface area contributed by atoms with Crippen LogP contribution in [0.1, 0.15) is 48.9 Å². The Balaban J connectivity index is 1.35. The van der Waals surface area contributed by atoms with Crippen molar-refractivity contribution in [2.75, 3.05) is 78.7 Å². The largest absolute Gasteiger partial charge is 0.480 e. The average molecular weight is 859 g/mol. The quantitative estimate of drug-likeness (QED) is 0.0238. The summed E-state index contributed by atoms with van der Waals surface area (Å²) in [5, 5.41) is 53.3. The molecule has 1 aliphatic heterocycles. The van der Waals surface area contributed by atoms with Crippen LogP contribution in [0.4, 0.5) is 0 Å². The summed E-state index contributed by atoms with van der Waals surface area (Å²) in [5.41, 5.74) is 1.14. The highest BCUT2D eigenvalue weighted by Crippen LogP contribution is 2.16. The van der Waals surface area contributed by atoms with E-state index in [1.807, 2.05) is 17.0 Å². The minimum absolute atomic E-state index is 0.00858. The normalized spacial score (nSPS) is 13.3. The zero-order chi connectivity index (χ0) is 44.6. The highest BCUT2D eigenvalue weighted by atomic mass is 16.5. The Morgan fingerprint density at radius 2 is 1.54 bits per heavy atom. The van der Waals surface area contributed by atoms with Crippen molar-refractivity contribution in [1.29, 1.82) is 0 Å². The lowest BCUT2D eigenvalue weighted by Gasteiger charge is -2.27. The van der Waals surface area contributed by atoms with E-state index < -0.39 is 67.3 Å². The second-order valence-electron chi connectivity index (χ2n) is 14.0. The molecular formula is C38H54N10O13. The number of aryl methyl sites for hydroxylation is 1. The van der Waals surface area contributed by atoms with E-state index in [1.54, 1.807) is 24.4 Å². The van der Waals surface area contributed by atoms with Crippen molar-refractivity contribution >= 4 is 64.8 Å². The molecule has 0 fully saturated rings. The maximum absolute atomic E-state index is 12.9. The van der Waals surface area contributed by atoms with Crippen molar-refractivity contribution in [3.63, 3.8) is 0 Å². The number of rotatable bonds is 32.